The Hall–Kier alpha value is -1.88. The number of rotatable bonds is 1. The summed E-state index contributed by atoms with van der Waals surface area (Å²) in [6, 6.07) is 5.90. The van der Waals surface area contributed by atoms with Crippen LogP contribution in [0.3, 0.4) is 0 Å². The molecular weight excluding hydrogens is 258 g/mol. The molecule has 19 heavy (non-hydrogen) atoms. The first kappa shape index (κ1) is 12.2. The van der Waals surface area contributed by atoms with Gasteiger partial charge in [0.2, 0.25) is 0 Å². The third-order valence-corrected chi connectivity index (χ3v) is 4.20. The van der Waals surface area contributed by atoms with Crippen LogP contribution in [0.1, 0.15) is 26.6 Å². The Morgan fingerprint density at radius 2 is 2.32 bits per heavy atom. The molecule has 4 nitrogen and oxygen atoms in total. The molecular formula is C14H15N3OS. The molecule has 2 heterocycles. The number of amides is 1. The van der Waals surface area contributed by atoms with Crippen molar-refractivity contribution in [2.75, 3.05) is 12.3 Å². The van der Waals surface area contributed by atoms with Crippen molar-refractivity contribution in [1.82, 2.24) is 9.88 Å². The minimum absolute atomic E-state index is 0.0115. The van der Waals surface area contributed by atoms with E-state index in [0.29, 0.717) is 18.8 Å². The molecule has 1 aliphatic rings. The van der Waals surface area contributed by atoms with Crippen molar-refractivity contribution in [2.24, 2.45) is 0 Å². The molecule has 1 aliphatic heterocycles. The Bertz CT molecular complexity index is 635. The van der Waals surface area contributed by atoms with Crippen molar-refractivity contribution in [3.05, 3.63) is 45.4 Å². The average molecular weight is 273 g/mol. The number of nitrogens with two attached hydrogens (primary N) is 1. The number of aryl methyl sites for hydroxylation is 1. The number of anilines is 1. The number of nitrogens with zero attached hydrogens (tertiary/aromatic N) is 2. The van der Waals surface area contributed by atoms with E-state index >= 15 is 0 Å². The molecule has 0 unspecified atom stereocenters. The molecule has 0 fully saturated rings. The molecule has 5 heteroatoms. The summed E-state index contributed by atoms with van der Waals surface area (Å²) in [6.45, 7) is 3.24. The second kappa shape index (κ2) is 4.66. The minimum atomic E-state index is 0.0115. The predicted molar refractivity (Wildman–Crippen MR) is 76.1 cm³/mol. The van der Waals surface area contributed by atoms with Crippen LogP contribution in [0.25, 0.3) is 0 Å². The van der Waals surface area contributed by atoms with Crippen LogP contribution in [0.2, 0.25) is 0 Å². The summed E-state index contributed by atoms with van der Waals surface area (Å²) in [4.78, 5) is 18.5. The lowest BCUT2D eigenvalue weighted by Gasteiger charge is -2.29. The second-order valence-corrected chi connectivity index (χ2v) is 5.78. The highest BCUT2D eigenvalue weighted by Crippen LogP contribution is 2.25. The lowest BCUT2D eigenvalue weighted by molar-refractivity contribution is 0.0729. The van der Waals surface area contributed by atoms with Gasteiger partial charge in [0.1, 0.15) is 5.69 Å². The van der Waals surface area contributed by atoms with Crippen LogP contribution < -0.4 is 5.73 Å². The number of hydrogen-bond acceptors (Lipinski definition) is 4. The normalized spacial score (nSPS) is 14.3. The van der Waals surface area contributed by atoms with Crippen LogP contribution in [0.4, 0.5) is 5.69 Å². The highest BCUT2D eigenvalue weighted by atomic mass is 32.1. The number of fused-ring (bicyclic) bond motifs is 1. The van der Waals surface area contributed by atoms with Crippen molar-refractivity contribution < 1.29 is 4.79 Å². The maximum atomic E-state index is 12.3. The highest BCUT2D eigenvalue weighted by molar-refractivity contribution is 7.09. The van der Waals surface area contributed by atoms with Gasteiger partial charge in [-0.15, -0.1) is 11.3 Å². The quantitative estimate of drug-likeness (QED) is 0.811. The summed E-state index contributed by atoms with van der Waals surface area (Å²) < 4.78 is 0. The van der Waals surface area contributed by atoms with E-state index in [-0.39, 0.29) is 5.91 Å². The molecule has 0 atom stereocenters. The van der Waals surface area contributed by atoms with Gasteiger partial charge in [-0.2, -0.15) is 0 Å². The van der Waals surface area contributed by atoms with Gasteiger partial charge in [-0.1, -0.05) is 12.1 Å². The van der Waals surface area contributed by atoms with Gasteiger partial charge in [0.05, 0.1) is 5.01 Å². The van der Waals surface area contributed by atoms with Crippen LogP contribution in [0.5, 0.6) is 0 Å². The van der Waals surface area contributed by atoms with Crippen molar-refractivity contribution in [3.63, 3.8) is 0 Å². The maximum absolute atomic E-state index is 12.3. The summed E-state index contributed by atoms with van der Waals surface area (Å²) >= 11 is 1.51. The molecule has 2 N–H and O–H groups in total. The molecule has 2 aromatic rings. The molecule has 0 radical (unpaired) electrons. The summed E-state index contributed by atoms with van der Waals surface area (Å²) in [6.07, 6.45) is 0.816. The molecule has 1 aromatic carbocycles. The molecule has 0 saturated carbocycles. The van der Waals surface area contributed by atoms with E-state index in [0.717, 1.165) is 22.7 Å². The average Bonchev–Trinajstić information content (AvgIpc) is 2.84. The lowest BCUT2D eigenvalue weighted by Crippen LogP contribution is -2.36. The zero-order valence-corrected chi connectivity index (χ0v) is 11.5. The van der Waals surface area contributed by atoms with Crippen LogP contribution in [-0.2, 0) is 13.0 Å². The van der Waals surface area contributed by atoms with E-state index in [1.54, 1.807) is 0 Å². The Balaban J connectivity index is 1.84. The van der Waals surface area contributed by atoms with Crippen molar-refractivity contribution >= 4 is 22.9 Å². The number of carbonyl (C=O) groups is 1. The third kappa shape index (κ3) is 2.21. The molecule has 1 amide bonds. The van der Waals surface area contributed by atoms with Crippen LogP contribution in [0, 0.1) is 6.92 Å². The van der Waals surface area contributed by atoms with Gasteiger partial charge in [0, 0.05) is 24.2 Å². The van der Waals surface area contributed by atoms with Crippen molar-refractivity contribution in [3.8, 4) is 0 Å². The van der Waals surface area contributed by atoms with E-state index in [1.807, 2.05) is 35.4 Å². The van der Waals surface area contributed by atoms with E-state index in [2.05, 4.69) is 4.98 Å². The molecule has 0 saturated heterocycles. The smallest absolute Gasteiger partial charge is 0.273 e. The summed E-state index contributed by atoms with van der Waals surface area (Å²) in [5, 5.41) is 2.75. The SMILES string of the molecule is Cc1nc(C(=O)N2CCc3c(N)cccc3C2)cs1. The van der Waals surface area contributed by atoms with Gasteiger partial charge >= 0.3 is 0 Å². The van der Waals surface area contributed by atoms with Gasteiger partial charge < -0.3 is 10.6 Å². The van der Waals surface area contributed by atoms with Gasteiger partial charge in [0.25, 0.3) is 5.91 Å². The fourth-order valence-corrected chi connectivity index (χ4v) is 3.02. The summed E-state index contributed by atoms with van der Waals surface area (Å²) in [5.41, 5.74) is 9.67. The van der Waals surface area contributed by atoms with E-state index in [9.17, 15) is 4.79 Å². The van der Waals surface area contributed by atoms with Gasteiger partial charge in [0.15, 0.2) is 0 Å². The van der Waals surface area contributed by atoms with Gasteiger partial charge in [-0.25, -0.2) is 4.98 Å². The second-order valence-electron chi connectivity index (χ2n) is 4.71. The number of benzene rings is 1. The first-order chi connectivity index (χ1) is 9.15. The van der Waals surface area contributed by atoms with Crippen molar-refractivity contribution in [2.45, 2.75) is 19.9 Å². The van der Waals surface area contributed by atoms with Gasteiger partial charge in [-0.05, 0) is 30.5 Å². The van der Waals surface area contributed by atoms with Gasteiger partial charge in [-0.3, -0.25) is 4.79 Å². The standard InChI is InChI=1S/C14H15N3OS/c1-9-16-13(8-19-9)14(18)17-6-5-11-10(7-17)3-2-4-12(11)15/h2-4,8H,5-7,15H2,1H3. The zero-order chi connectivity index (χ0) is 13.4. The summed E-state index contributed by atoms with van der Waals surface area (Å²) in [7, 11) is 0. The largest absolute Gasteiger partial charge is 0.398 e. The highest BCUT2D eigenvalue weighted by Gasteiger charge is 2.24. The number of nitrogen functional groups attached to an aromatic ring is 1. The fraction of sp³-hybridized carbons (Fsp3) is 0.286. The Labute approximate surface area is 115 Å². The number of hydrogen-bond donors (Lipinski definition) is 1. The van der Waals surface area contributed by atoms with Crippen molar-refractivity contribution in [1.29, 1.82) is 0 Å². The van der Waals surface area contributed by atoms with Crippen LogP contribution in [0.15, 0.2) is 23.6 Å². The molecule has 3 rings (SSSR count). The fourth-order valence-electron chi connectivity index (χ4n) is 2.44. The Morgan fingerprint density at radius 1 is 1.47 bits per heavy atom. The third-order valence-electron chi connectivity index (χ3n) is 3.43. The molecule has 0 spiro atoms. The predicted octanol–water partition coefficient (Wildman–Crippen LogP) is 2.23. The molecule has 1 aromatic heterocycles. The topological polar surface area (TPSA) is 59.2 Å². The minimum Gasteiger partial charge on any atom is -0.398 e. The first-order valence-corrected chi connectivity index (χ1v) is 7.11. The van der Waals surface area contributed by atoms with E-state index in [1.165, 1.54) is 16.9 Å². The summed E-state index contributed by atoms with van der Waals surface area (Å²) in [5.74, 6) is 0.0115. The van der Waals surface area contributed by atoms with E-state index in [4.69, 9.17) is 5.73 Å². The maximum Gasteiger partial charge on any atom is 0.273 e. The zero-order valence-electron chi connectivity index (χ0n) is 10.7. The van der Waals surface area contributed by atoms with E-state index < -0.39 is 0 Å². The molecule has 0 bridgehead atoms. The Kier molecular flexibility index (Phi) is 2.98. The number of aromatic nitrogens is 1. The monoisotopic (exact) mass is 273 g/mol. The molecule has 0 aliphatic carbocycles. The number of carbonyl (C=O) groups excluding carboxylic acids is 1. The number of thiazole rings is 1. The molecule has 98 valence electrons. The van der Waals surface area contributed by atoms with Crippen LogP contribution in [-0.4, -0.2) is 22.3 Å². The first-order valence-electron chi connectivity index (χ1n) is 6.23. The Morgan fingerprint density at radius 3 is 3.05 bits per heavy atom. The van der Waals surface area contributed by atoms with Crippen LogP contribution >= 0.6 is 11.3 Å². The lowest BCUT2D eigenvalue weighted by atomic mass is 9.98.